The maximum atomic E-state index is 13.9. The molecule has 1 aliphatic heterocycles. The van der Waals surface area contributed by atoms with E-state index in [4.69, 9.17) is 4.74 Å². The molecule has 1 saturated heterocycles. The number of hydrogen-bond donors (Lipinski definition) is 2. The summed E-state index contributed by atoms with van der Waals surface area (Å²) in [5.41, 5.74) is 2.97. The van der Waals surface area contributed by atoms with Crippen molar-refractivity contribution >= 4 is 5.69 Å². The maximum absolute atomic E-state index is 13.9. The van der Waals surface area contributed by atoms with Gasteiger partial charge in [-0.05, 0) is 43.2 Å². The van der Waals surface area contributed by atoms with Crippen LogP contribution in [0.4, 0.5) is 10.1 Å². The van der Waals surface area contributed by atoms with E-state index >= 15 is 0 Å². The number of aliphatic hydroxyl groups is 1. The molecule has 0 aliphatic carbocycles. The molecule has 26 heavy (non-hydrogen) atoms. The summed E-state index contributed by atoms with van der Waals surface area (Å²) in [5.74, 6) is 0.668. The van der Waals surface area contributed by atoms with Crippen LogP contribution in [0.25, 0.3) is 0 Å². The molecular weight excluding hydrogens is 331 g/mol. The summed E-state index contributed by atoms with van der Waals surface area (Å²) >= 11 is 0. The second-order valence-corrected chi connectivity index (χ2v) is 7.06. The minimum atomic E-state index is -0.509. The quantitative estimate of drug-likeness (QED) is 0.823. The molecule has 5 heteroatoms. The Morgan fingerprint density at radius 2 is 1.85 bits per heavy atom. The van der Waals surface area contributed by atoms with Crippen molar-refractivity contribution in [2.45, 2.75) is 20.0 Å². The normalized spacial score (nSPS) is 16.5. The summed E-state index contributed by atoms with van der Waals surface area (Å²) < 4.78 is 19.7. The van der Waals surface area contributed by atoms with Gasteiger partial charge in [0.1, 0.15) is 30.8 Å². The minimum absolute atomic E-state index is 0.169. The fourth-order valence-corrected chi connectivity index (χ4v) is 3.43. The molecular formula is C21H28FN2O2+. The number of quaternary nitrogens is 1. The lowest BCUT2D eigenvalue weighted by molar-refractivity contribution is -0.903. The highest BCUT2D eigenvalue weighted by molar-refractivity contribution is 5.47. The van der Waals surface area contributed by atoms with Gasteiger partial charge in [0.05, 0.1) is 31.9 Å². The van der Waals surface area contributed by atoms with Crippen LogP contribution in [0, 0.1) is 19.7 Å². The molecule has 2 aromatic rings. The molecule has 0 aromatic heterocycles. The number of nitrogens with zero attached hydrogens (tertiary/aromatic N) is 1. The van der Waals surface area contributed by atoms with Crippen molar-refractivity contribution in [3.63, 3.8) is 0 Å². The molecule has 140 valence electrons. The number of para-hydroxylation sites is 1. The Labute approximate surface area is 154 Å². The van der Waals surface area contributed by atoms with Crippen molar-refractivity contribution in [1.82, 2.24) is 0 Å². The van der Waals surface area contributed by atoms with Gasteiger partial charge < -0.3 is 19.6 Å². The molecule has 0 unspecified atom stereocenters. The number of benzene rings is 2. The third kappa shape index (κ3) is 4.54. The average molecular weight is 359 g/mol. The van der Waals surface area contributed by atoms with Gasteiger partial charge in [0.15, 0.2) is 0 Å². The molecule has 0 spiro atoms. The summed E-state index contributed by atoms with van der Waals surface area (Å²) in [4.78, 5) is 3.41. The molecule has 3 rings (SSSR count). The second kappa shape index (κ2) is 8.52. The van der Waals surface area contributed by atoms with Crippen molar-refractivity contribution in [2.75, 3.05) is 44.2 Å². The van der Waals surface area contributed by atoms with Gasteiger partial charge >= 0.3 is 0 Å². The van der Waals surface area contributed by atoms with E-state index in [2.05, 4.69) is 17.9 Å². The first kappa shape index (κ1) is 18.7. The van der Waals surface area contributed by atoms with E-state index in [1.165, 1.54) is 16.5 Å². The van der Waals surface area contributed by atoms with Crippen LogP contribution in [-0.4, -0.2) is 50.5 Å². The lowest BCUT2D eigenvalue weighted by Gasteiger charge is -2.34. The first-order valence-electron chi connectivity index (χ1n) is 9.24. The Morgan fingerprint density at radius 1 is 1.12 bits per heavy atom. The zero-order valence-corrected chi connectivity index (χ0v) is 15.5. The second-order valence-electron chi connectivity index (χ2n) is 7.06. The largest absolute Gasteiger partial charge is 0.490 e. The van der Waals surface area contributed by atoms with E-state index < -0.39 is 6.10 Å². The third-order valence-corrected chi connectivity index (χ3v) is 5.17. The zero-order valence-electron chi connectivity index (χ0n) is 15.5. The highest BCUT2D eigenvalue weighted by Crippen LogP contribution is 2.20. The van der Waals surface area contributed by atoms with Crippen molar-refractivity contribution < 1.29 is 19.1 Å². The zero-order chi connectivity index (χ0) is 18.5. The predicted octanol–water partition coefficient (Wildman–Crippen LogP) is 1.59. The number of ether oxygens (including phenoxy) is 1. The van der Waals surface area contributed by atoms with Crippen LogP contribution in [0.2, 0.25) is 0 Å². The number of piperazine rings is 1. The molecule has 1 atom stereocenters. The van der Waals surface area contributed by atoms with Crippen molar-refractivity contribution in [1.29, 1.82) is 0 Å². The third-order valence-electron chi connectivity index (χ3n) is 5.17. The number of aryl methyl sites for hydroxylation is 1. The number of nitrogens with one attached hydrogen (secondary N) is 1. The van der Waals surface area contributed by atoms with Crippen LogP contribution in [-0.2, 0) is 0 Å². The SMILES string of the molecule is Cc1cccc(OC[C@@H](O)C[NH+]2CCN(c3ccccc3F)CC2)c1C. The molecule has 0 bridgehead atoms. The van der Waals surface area contributed by atoms with Crippen LogP contribution in [0.15, 0.2) is 42.5 Å². The van der Waals surface area contributed by atoms with E-state index in [0.717, 1.165) is 37.5 Å². The van der Waals surface area contributed by atoms with E-state index in [0.29, 0.717) is 18.8 Å². The number of anilines is 1. The van der Waals surface area contributed by atoms with Gasteiger partial charge in [-0.15, -0.1) is 0 Å². The number of rotatable bonds is 6. The Bertz CT molecular complexity index is 730. The molecule has 2 aromatic carbocycles. The molecule has 0 amide bonds. The van der Waals surface area contributed by atoms with E-state index in [1.54, 1.807) is 6.07 Å². The van der Waals surface area contributed by atoms with Gasteiger partial charge in [-0.3, -0.25) is 0 Å². The van der Waals surface area contributed by atoms with Gasteiger partial charge in [-0.2, -0.15) is 0 Å². The Morgan fingerprint density at radius 3 is 2.58 bits per heavy atom. The van der Waals surface area contributed by atoms with Gasteiger partial charge in [-0.1, -0.05) is 24.3 Å². The Kier molecular flexibility index (Phi) is 6.12. The highest BCUT2D eigenvalue weighted by Gasteiger charge is 2.24. The lowest BCUT2D eigenvalue weighted by Crippen LogP contribution is -3.16. The standard InChI is InChI=1S/C21H27FN2O2/c1-16-6-5-9-21(17(16)2)26-15-18(25)14-23-10-12-24(13-11-23)20-8-4-3-7-19(20)22/h3-9,18,25H,10-15H2,1-2H3/p+1/t18-/m0/s1. The molecule has 1 aliphatic rings. The fourth-order valence-electron chi connectivity index (χ4n) is 3.43. The molecule has 2 N–H and O–H groups in total. The van der Waals surface area contributed by atoms with Crippen molar-refractivity contribution in [3.8, 4) is 5.75 Å². The number of aliphatic hydroxyl groups excluding tert-OH is 1. The monoisotopic (exact) mass is 359 g/mol. The van der Waals surface area contributed by atoms with Gasteiger partial charge in [-0.25, -0.2) is 4.39 Å². The smallest absolute Gasteiger partial charge is 0.146 e. The van der Waals surface area contributed by atoms with E-state index in [1.807, 2.05) is 31.2 Å². The van der Waals surface area contributed by atoms with Gasteiger partial charge in [0, 0.05) is 0 Å². The predicted molar refractivity (Wildman–Crippen MR) is 102 cm³/mol. The maximum Gasteiger partial charge on any atom is 0.146 e. The minimum Gasteiger partial charge on any atom is -0.490 e. The van der Waals surface area contributed by atoms with Crippen LogP contribution >= 0.6 is 0 Å². The van der Waals surface area contributed by atoms with Crippen LogP contribution in [0.1, 0.15) is 11.1 Å². The number of halogens is 1. The summed E-state index contributed by atoms with van der Waals surface area (Å²) in [6.07, 6.45) is -0.509. The Balaban J connectivity index is 1.45. The molecule has 1 fully saturated rings. The van der Waals surface area contributed by atoms with Crippen molar-refractivity contribution in [2.24, 2.45) is 0 Å². The number of hydrogen-bond acceptors (Lipinski definition) is 3. The molecule has 0 saturated carbocycles. The van der Waals surface area contributed by atoms with Crippen LogP contribution in [0.3, 0.4) is 0 Å². The highest BCUT2D eigenvalue weighted by atomic mass is 19.1. The summed E-state index contributed by atoms with van der Waals surface area (Å²) in [6.45, 7) is 8.38. The Hall–Kier alpha value is -2.11. The van der Waals surface area contributed by atoms with Crippen molar-refractivity contribution in [3.05, 3.63) is 59.4 Å². The first-order valence-corrected chi connectivity index (χ1v) is 9.24. The summed E-state index contributed by atoms with van der Waals surface area (Å²) in [6, 6.07) is 12.9. The summed E-state index contributed by atoms with van der Waals surface area (Å²) in [5, 5.41) is 10.3. The van der Waals surface area contributed by atoms with E-state index in [9.17, 15) is 9.50 Å². The lowest BCUT2D eigenvalue weighted by atomic mass is 10.1. The molecule has 1 heterocycles. The fraction of sp³-hybridized carbons (Fsp3) is 0.429. The van der Waals surface area contributed by atoms with Crippen LogP contribution < -0.4 is 14.5 Å². The van der Waals surface area contributed by atoms with Gasteiger partial charge in [0.25, 0.3) is 0 Å². The molecule has 4 nitrogen and oxygen atoms in total. The summed E-state index contributed by atoms with van der Waals surface area (Å²) in [7, 11) is 0. The van der Waals surface area contributed by atoms with Crippen LogP contribution in [0.5, 0.6) is 5.75 Å². The molecule has 0 radical (unpaired) electrons. The van der Waals surface area contributed by atoms with Gasteiger partial charge in [0.2, 0.25) is 0 Å². The topological polar surface area (TPSA) is 37.1 Å². The van der Waals surface area contributed by atoms with E-state index in [-0.39, 0.29) is 5.82 Å². The average Bonchev–Trinajstić information content (AvgIpc) is 2.64. The first-order chi connectivity index (χ1) is 12.5.